The highest BCUT2D eigenvalue weighted by Gasteiger charge is 2.31. The molecule has 1 aliphatic carbocycles. The molecule has 1 nitrogen and oxygen atoms in total. The van der Waals surface area contributed by atoms with E-state index < -0.39 is 0 Å². The van der Waals surface area contributed by atoms with Gasteiger partial charge in [0.25, 0.3) is 0 Å². The fraction of sp³-hybridized carbons (Fsp3) is 0.600. The maximum atomic E-state index is 6.56. The zero-order chi connectivity index (χ0) is 12.3. The van der Waals surface area contributed by atoms with Crippen LogP contribution in [0.2, 0.25) is 5.02 Å². The van der Waals surface area contributed by atoms with Crippen LogP contribution in [0.1, 0.15) is 44.6 Å². The monoisotopic (exact) mass is 251 g/mol. The average molecular weight is 252 g/mol. The van der Waals surface area contributed by atoms with Gasteiger partial charge in [-0.3, -0.25) is 0 Å². The van der Waals surface area contributed by atoms with Crippen LogP contribution in [0.5, 0.6) is 0 Å². The van der Waals surface area contributed by atoms with Gasteiger partial charge in [-0.15, -0.1) is 0 Å². The van der Waals surface area contributed by atoms with Gasteiger partial charge in [0.15, 0.2) is 0 Å². The average Bonchev–Trinajstić information content (AvgIpc) is 2.32. The summed E-state index contributed by atoms with van der Waals surface area (Å²) in [5.41, 5.74) is 7.88. The van der Waals surface area contributed by atoms with Gasteiger partial charge >= 0.3 is 0 Å². The van der Waals surface area contributed by atoms with E-state index in [9.17, 15) is 0 Å². The Kier molecular flexibility index (Phi) is 4.11. The van der Waals surface area contributed by atoms with Crippen molar-refractivity contribution in [3.63, 3.8) is 0 Å². The second-order valence-corrected chi connectivity index (χ2v) is 5.97. The second-order valence-electron chi connectivity index (χ2n) is 5.54. The predicted molar refractivity (Wildman–Crippen MR) is 74.3 cm³/mol. The van der Waals surface area contributed by atoms with Gasteiger partial charge in [-0.1, -0.05) is 49.9 Å². The van der Waals surface area contributed by atoms with Crippen LogP contribution < -0.4 is 5.73 Å². The number of hydrogen-bond donors (Lipinski definition) is 1. The van der Waals surface area contributed by atoms with Crippen LogP contribution >= 0.6 is 11.6 Å². The van der Waals surface area contributed by atoms with Gasteiger partial charge in [-0.05, 0) is 42.9 Å². The molecular formula is C15H22ClN. The van der Waals surface area contributed by atoms with Crippen LogP contribution in [0.4, 0.5) is 0 Å². The van der Waals surface area contributed by atoms with Gasteiger partial charge in [-0.25, -0.2) is 0 Å². The quantitative estimate of drug-likeness (QED) is 0.857. The SMILES string of the molecule is CCC1CCCC(N)(Cc2ccc(Cl)cc2)C1. The molecule has 2 rings (SSSR count). The molecule has 0 amide bonds. The Morgan fingerprint density at radius 2 is 2.06 bits per heavy atom. The van der Waals surface area contributed by atoms with E-state index >= 15 is 0 Å². The molecule has 1 aromatic rings. The van der Waals surface area contributed by atoms with Gasteiger partial charge in [0, 0.05) is 10.6 Å². The van der Waals surface area contributed by atoms with Gasteiger partial charge in [0.2, 0.25) is 0 Å². The first-order chi connectivity index (χ1) is 8.11. The van der Waals surface area contributed by atoms with Crippen LogP contribution in [0.15, 0.2) is 24.3 Å². The Morgan fingerprint density at radius 1 is 1.35 bits per heavy atom. The molecule has 1 aromatic carbocycles. The minimum atomic E-state index is 0.00670. The van der Waals surface area contributed by atoms with Crippen molar-refractivity contribution in [2.75, 3.05) is 0 Å². The second kappa shape index (κ2) is 5.41. The summed E-state index contributed by atoms with van der Waals surface area (Å²) in [4.78, 5) is 0. The Morgan fingerprint density at radius 3 is 2.71 bits per heavy atom. The van der Waals surface area contributed by atoms with E-state index in [-0.39, 0.29) is 5.54 Å². The van der Waals surface area contributed by atoms with Crippen molar-refractivity contribution in [3.8, 4) is 0 Å². The van der Waals surface area contributed by atoms with Crippen LogP contribution in [0.3, 0.4) is 0 Å². The largest absolute Gasteiger partial charge is 0.325 e. The predicted octanol–water partition coefficient (Wildman–Crippen LogP) is 4.18. The lowest BCUT2D eigenvalue weighted by Crippen LogP contribution is -2.46. The highest BCUT2D eigenvalue weighted by Crippen LogP contribution is 2.34. The molecule has 0 aliphatic heterocycles. The van der Waals surface area contributed by atoms with Gasteiger partial charge in [-0.2, -0.15) is 0 Å². The minimum absolute atomic E-state index is 0.00670. The summed E-state index contributed by atoms with van der Waals surface area (Å²) in [5, 5.41) is 0.801. The van der Waals surface area contributed by atoms with E-state index in [1.54, 1.807) is 0 Å². The van der Waals surface area contributed by atoms with Crippen LogP contribution in [-0.4, -0.2) is 5.54 Å². The standard InChI is InChI=1S/C15H22ClN/c1-2-12-4-3-9-15(17,10-12)11-13-5-7-14(16)8-6-13/h5-8,12H,2-4,9-11,17H2,1H3. The summed E-state index contributed by atoms with van der Waals surface area (Å²) in [6.07, 6.45) is 7.22. The maximum absolute atomic E-state index is 6.56. The highest BCUT2D eigenvalue weighted by atomic mass is 35.5. The third-order valence-corrected chi connectivity index (χ3v) is 4.28. The van der Waals surface area contributed by atoms with Crippen LogP contribution in [0, 0.1) is 5.92 Å². The molecule has 1 saturated carbocycles. The molecule has 2 heteroatoms. The molecule has 2 unspecified atom stereocenters. The fourth-order valence-electron chi connectivity index (χ4n) is 3.04. The zero-order valence-electron chi connectivity index (χ0n) is 10.6. The molecule has 1 aliphatic rings. The Hall–Kier alpha value is -0.530. The van der Waals surface area contributed by atoms with E-state index in [2.05, 4.69) is 19.1 Å². The van der Waals surface area contributed by atoms with E-state index in [0.717, 1.165) is 23.8 Å². The molecule has 0 aromatic heterocycles. The van der Waals surface area contributed by atoms with Crippen molar-refractivity contribution in [2.24, 2.45) is 11.7 Å². The van der Waals surface area contributed by atoms with E-state index in [1.165, 1.54) is 31.2 Å². The van der Waals surface area contributed by atoms with Crippen molar-refractivity contribution in [3.05, 3.63) is 34.9 Å². The Balaban J connectivity index is 2.03. The topological polar surface area (TPSA) is 26.0 Å². The van der Waals surface area contributed by atoms with Crippen LogP contribution in [-0.2, 0) is 6.42 Å². The first-order valence-electron chi connectivity index (χ1n) is 6.65. The number of rotatable bonds is 3. The molecule has 17 heavy (non-hydrogen) atoms. The molecule has 1 fully saturated rings. The zero-order valence-corrected chi connectivity index (χ0v) is 11.3. The lowest BCUT2D eigenvalue weighted by atomic mass is 9.72. The molecular weight excluding hydrogens is 230 g/mol. The summed E-state index contributed by atoms with van der Waals surface area (Å²) in [6, 6.07) is 8.12. The molecule has 0 spiro atoms. The first kappa shape index (κ1) is 12.9. The number of nitrogens with two attached hydrogens (primary N) is 1. The minimum Gasteiger partial charge on any atom is -0.325 e. The van der Waals surface area contributed by atoms with Crippen molar-refractivity contribution in [2.45, 2.75) is 51.0 Å². The lowest BCUT2D eigenvalue weighted by Gasteiger charge is -2.38. The smallest absolute Gasteiger partial charge is 0.0406 e. The summed E-state index contributed by atoms with van der Waals surface area (Å²) in [5.74, 6) is 0.820. The molecule has 2 atom stereocenters. The maximum Gasteiger partial charge on any atom is 0.0406 e. The van der Waals surface area contributed by atoms with Crippen molar-refractivity contribution in [1.29, 1.82) is 0 Å². The molecule has 0 saturated heterocycles. The van der Waals surface area contributed by atoms with Crippen molar-refractivity contribution in [1.82, 2.24) is 0 Å². The third-order valence-electron chi connectivity index (χ3n) is 4.03. The van der Waals surface area contributed by atoms with Gasteiger partial charge in [0.05, 0.1) is 0 Å². The number of benzene rings is 1. The summed E-state index contributed by atoms with van der Waals surface area (Å²) in [7, 11) is 0. The summed E-state index contributed by atoms with van der Waals surface area (Å²) < 4.78 is 0. The number of halogens is 1. The van der Waals surface area contributed by atoms with E-state index in [0.29, 0.717) is 0 Å². The molecule has 0 heterocycles. The summed E-state index contributed by atoms with van der Waals surface area (Å²) >= 11 is 5.90. The van der Waals surface area contributed by atoms with Crippen molar-refractivity contribution < 1.29 is 0 Å². The highest BCUT2D eigenvalue weighted by molar-refractivity contribution is 6.30. The molecule has 0 radical (unpaired) electrons. The fourth-order valence-corrected chi connectivity index (χ4v) is 3.17. The number of hydrogen-bond acceptors (Lipinski definition) is 1. The normalized spacial score (nSPS) is 29.2. The van der Waals surface area contributed by atoms with Gasteiger partial charge < -0.3 is 5.73 Å². The van der Waals surface area contributed by atoms with Crippen molar-refractivity contribution >= 4 is 11.6 Å². The molecule has 94 valence electrons. The van der Waals surface area contributed by atoms with E-state index in [4.69, 9.17) is 17.3 Å². The van der Waals surface area contributed by atoms with Crippen LogP contribution in [0.25, 0.3) is 0 Å². The Labute approximate surface area is 109 Å². The molecule has 2 N–H and O–H groups in total. The lowest BCUT2D eigenvalue weighted by molar-refractivity contribution is 0.218. The molecule has 0 bridgehead atoms. The first-order valence-corrected chi connectivity index (χ1v) is 7.02. The third kappa shape index (κ3) is 3.46. The summed E-state index contributed by atoms with van der Waals surface area (Å²) in [6.45, 7) is 2.28. The van der Waals surface area contributed by atoms with Gasteiger partial charge in [0.1, 0.15) is 0 Å². The Bertz CT molecular complexity index is 360. The van der Waals surface area contributed by atoms with E-state index in [1.807, 2.05) is 12.1 Å².